The van der Waals surface area contributed by atoms with E-state index < -0.39 is 23.6 Å². The molecule has 5 rings (SSSR count). The van der Waals surface area contributed by atoms with Crippen LogP contribution in [0.1, 0.15) is 49.4 Å². The first-order chi connectivity index (χ1) is 18.0. The van der Waals surface area contributed by atoms with Crippen molar-refractivity contribution in [1.29, 1.82) is 0 Å². The molecule has 0 amide bonds. The van der Waals surface area contributed by atoms with Gasteiger partial charge in [-0.05, 0) is 56.3 Å². The van der Waals surface area contributed by atoms with Gasteiger partial charge in [0.15, 0.2) is 0 Å². The van der Waals surface area contributed by atoms with Crippen LogP contribution in [-0.4, -0.2) is 51.6 Å². The molecule has 10 heteroatoms. The Bertz CT molecular complexity index is 1540. The van der Waals surface area contributed by atoms with E-state index in [4.69, 9.17) is 20.2 Å². The zero-order valence-corrected chi connectivity index (χ0v) is 22.2. The lowest BCUT2D eigenvalue weighted by molar-refractivity contribution is -0.190. The van der Waals surface area contributed by atoms with Gasteiger partial charge in [0.25, 0.3) is 5.56 Å². The van der Waals surface area contributed by atoms with E-state index in [0.717, 1.165) is 16.5 Å². The van der Waals surface area contributed by atoms with Gasteiger partial charge in [0.05, 0.1) is 29.0 Å². The van der Waals surface area contributed by atoms with Crippen LogP contribution in [0.15, 0.2) is 29.1 Å². The summed E-state index contributed by atoms with van der Waals surface area (Å²) in [7, 11) is 3.90. The number of carbonyl (C=O) groups is 2. The number of fused-ring (bicyclic) bond motifs is 5. The minimum absolute atomic E-state index is 0.0709. The molecule has 10 nitrogen and oxygen atoms in total. The molecule has 3 N–H and O–H groups in total. The number of esters is 2. The predicted octanol–water partition coefficient (Wildman–Crippen LogP) is 2.38. The minimum Gasteiger partial charge on any atom is -0.508 e. The molecule has 4 heterocycles. The molecule has 3 aromatic rings. The Morgan fingerprint density at radius 1 is 1.26 bits per heavy atom. The molecule has 0 aliphatic carbocycles. The summed E-state index contributed by atoms with van der Waals surface area (Å²) in [6.07, 6.45) is 0.0709. The number of pyridine rings is 2. The molecule has 0 bridgehead atoms. The van der Waals surface area contributed by atoms with Gasteiger partial charge in [0, 0.05) is 23.1 Å². The van der Waals surface area contributed by atoms with Crippen LogP contribution in [0.5, 0.6) is 5.75 Å². The van der Waals surface area contributed by atoms with Crippen LogP contribution < -0.4 is 11.3 Å². The van der Waals surface area contributed by atoms with Gasteiger partial charge in [-0.15, -0.1) is 0 Å². The lowest BCUT2D eigenvalue weighted by atomic mass is 9.85. The van der Waals surface area contributed by atoms with Crippen molar-refractivity contribution < 1.29 is 24.2 Å². The number of aromatic nitrogens is 2. The highest BCUT2D eigenvalue weighted by Crippen LogP contribution is 2.42. The number of carbonyl (C=O) groups excluding carboxylic acids is 2. The van der Waals surface area contributed by atoms with E-state index in [2.05, 4.69) is 0 Å². The van der Waals surface area contributed by atoms with Crippen LogP contribution in [0.3, 0.4) is 0 Å². The molecule has 0 saturated carbocycles. The molecule has 2 atom stereocenters. The van der Waals surface area contributed by atoms with Gasteiger partial charge in [0.2, 0.25) is 5.60 Å². The van der Waals surface area contributed by atoms with E-state index in [0.29, 0.717) is 29.0 Å². The monoisotopic (exact) mass is 520 g/mol. The first-order valence-corrected chi connectivity index (χ1v) is 12.7. The number of ether oxygens (including phenoxy) is 2. The molecule has 0 saturated heterocycles. The van der Waals surface area contributed by atoms with Crippen LogP contribution in [0.2, 0.25) is 0 Å². The summed E-state index contributed by atoms with van der Waals surface area (Å²) in [6.45, 7) is 5.91. The maximum Gasteiger partial charge on any atom is 0.355 e. The second kappa shape index (κ2) is 9.21. The smallest absolute Gasteiger partial charge is 0.355 e. The Labute approximate surface area is 220 Å². The second-order valence-electron chi connectivity index (χ2n) is 10.6. The third-order valence-electron chi connectivity index (χ3n) is 7.50. The van der Waals surface area contributed by atoms with Gasteiger partial charge in [-0.25, -0.2) is 9.78 Å². The number of aromatic hydroxyl groups is 1. The highest BCUT2D eigenvalue weighted by Gasteiger charge is 2.51. The topological polar surface area (TPSA) is 137 Å². The summed E-state index contributed by atoms with van der Waals surface area (Å²) in [5, 5.41) is 11.0. The summed E-state index contributed by atoms with van der Waals surface area (Å²) in [5.41, 5.74) is 8.15. The number of hydrogen-bond acceptors (Lipinski definition) is 9. The maximum absolute atomic E-state index is 13.8. The zero-order valence-electron chi connectivity index (χ0n) is 22.2. The fourth-order valence-electron chi connectivity index (χ4n) is 5.32. The molecule has 2 aromatic heterocycles. The van der Waals surface area contributed by atoms with Crippen LogP contribution >= 0.6 is 0 Å². The van der Waals surface area contributed by atoms with Gasteiger partial charge >= 0.3 is 11.9 Å². The van der Waals surface area contributed by atoms with Crippen LogP contribution in [0.4, 0.5) is 0 Å². The lowest BCUT2D eigenvalue weighted by Crippen LogP contribution is -2.50. The maximum atomic E-state index is 13.8. The second-order valence-corrected chi connectivity index (χ2v) is 10.6. The SMILES string of the molecule is CC[C@@]1(OC(=O)C(N)C(C)C)C(=O)OCc2c1cc1n(c2=O)Cc2c-1nc1ccc(O)cc1c2CN(C)C. The molecule has 2 aliphatic heterocycles. The van der Waals surface area contributed by atoms with Crippen molar-refractivity contribution >= 4 is 22.8 Å². The summed E-state index contributed by atoms with van der Waals surface area (Å²) < 4.78 is 12.8. The van der Waals surface area contributed by atoms with Crippen molar-refractivity contribution in [3.05, 3.63) is 56.9 Å². The molecule has 200 valence electrons. The van der Waals surface area contributed by atoms with Crippen molar-refractivity contribution in [2.75, 3.05) is 14.1 Å². The van der Waals surface area contributed by atoms with Gasteiger partial charge in [-0.1, -0.05) is 20.8 Å². The first-order valence-electron chi connectivity index (χ1n) is 12.7. The summed E-state index contributed by atoms with van der Waals surface area (Å²) in [4.78, 5) is 46.8. The van der Waals surface area contributed by atoms with Crippen LogP contribution in [0.25, 0.3) is 22.3 Å². The zero-order chi connectivity index (χ0) is 27.5. The minimum atomic E-state index is -1.79. The van der Waals surface area contributed by atoms with Crippen molar-refractivity contribution in [3.8, 4) is 17.1 Å². The normalized spacial score (nSPS) is 18.8. The van der Waals surface area contributed by atoms with Gasteiger partial charge in [-0.3, -0.25) is 9.59 Å². The number of phenolic OH excluding ortho intramolecular Hbond substituents is 1. The summed E-state index contributed by atoms with van der Waals surface area (Å²) in [5.74, 6) is -1.54. The highest BCUT2D eigenvalue weighted by atomic mass is 16.6. The number of nitrogens with two attached hydrogens (primary N) is 1. The van der Waals surface area contributed by atoms with Gasteiger partial charge < -0.3 is 29.8 Å². The number of hydrogen-bond donors (Lipinski definition) is 2. The number of cyclic esters (lactones) is 1. The number of benzene rings is 1. The van der Waals surface area contributed by atoms with E-state index in [1.54, 1.807) is 49.6 Å². The highest BCUT2D eigenvalue weighted by molar-refractivity contribution is 5.91. The average Bonchev–Trinajstić information content (AvgIpc) is 3.24. The molecule has 0 radical (unpaired) electrons. The fourth-order valence-corrected chi connectivity index (χ4v) is 5.32. The van der Waals surface area contributed by atoms with E-state index in [1.165, 1.54) is 0 Å². The average molecular weight is 521 g/mol. The molecule has 38 heavy (non-hydrogen) atoms. The number of phenols is 1. The predicted molar refractivity (Wildman–Crippen MR) is 140 cm³/mol. The molecule has 1 unspecified atom stereocenters. The molecular formula is C28H32N4O6. The number of rotatable bonds is 6. The quantitative estimate of drug-likeness (QED) is 0.367. The lowest BCUT2D eigenvalue weighted by Gasteiger charge is -2.36. The van der Waals surface area contributed by atoms with Crippen molar-refractivity contribution in [1.82, 2.24) is 14.5 Å². The Morgan fingerprint density at radius 3 is 2.66 bits per heavy atom. The van der Waals surface area contributed by atoms with Crippen LogP contribution in [-0.2, 0) is 44.4 Å². The Hall–Kier alpha value is -3.76. The van der Waals surface area contributed by atoms with Crippen LogP contribution in [0, 0.1) is 5.92 Å². The van der Waals surface area contributed by atoms with Crippen molar-refractivity contribution in [3.63, 3.8) is 0 Å². The van der Waals surface area contributed by atoms with Gasteiger partial charge in [-0.2, -0.15) is 0 Å². The Balaban J connectivity index is 1.74. The largest absolute Gasteiger partial charge is 0.508 e. The Kier molecular flexibility index (Phi) is 6.27. The third kappa shape index (κ3) is 3.86. The third-order valence-corrected chi connectivity index (χ3v) is 7.50. The van der Waals surface area contributed by atoms with Crippen molar-refractivity contribution in [2.45, 2.75) is 58.5 Å². The summed E-state index contributed by atoms with van der Waals surface area (Å²) >= 11 is 0. The van der Waals surface area contributed by atoms with E-state index >= 15 is 0 Å². The van der Waals surface area contributed by atoms with E-state index in [1.807, 2.05) is 19.0 Å². The molecule has 0 fully saturated rings. The first kappa shape index (κ1) is 25.9. The fraction of sp³-hybridized carbons (Fsp3) is 0.429. The molecule has 0 spiro atoms. The molecular weight excluding hydrogens is 488 g/mol. The van der Waals surface area contributed by atoms with E-state index in [9.17, 15) is 19.5 Å². The van der Waals surface area contributed by atoms with E-state index in [-0.39, 0.29) is 42.4 Å². The van der Waals surface area contributed by atoms with Crippen molar-refractivity contribution in [2.24, 2.45) is 11.7 Å². The number of nitrogens with zero attached hydrogens (tertiary/aromatic N) is 3. The van der Waals surface area contributed by atoms with Gasteiger partial charge in [0.1, 0.15) is 18.4 Å². The molecule has 1 aromatic carbocycles. The molecule has 2 aliphatic rings. The standard InChI is InChI=1S/C28H32N4O6/c1-6-28(38-26(35)23(29)14(2)3)20-10-22-24-18(12-32(22)25(34)19(20)13-37-27(28)36)17(11-31(4)5)16-9-15(33)7-8-21(16)30-24/h7-10,14,23,33H,6,11-13,29H2,1-5H3/t23?,28-/m0/s1. The summed E-state index contributed by atoms with van der Waals surface area (Å²) in [6, 6.07) is 5.80. The Morgan fingerprint density at radius 2 is 2.00 bits per heavy atom.